The Bertz CT molecular complexity index is 446. The van der Waals surface area contributed by atoms with Crippen LogP contribution in [0.3, 0.4) is 0 Å². The van der Waals surface area contributed by atoms with Gasteiger partial charge in [0.1, 0.15) is 0 Å². The molecular weight excluding hydrogens is 286 g/mol. The lowest BCUT2D eigenvalue weighted by molar-refractivity contribution is -0.155. The van der Waals surface area contributed by atoms with E-state index in [1.165, 1.54) is 5.57 Å². The molecule has 0 radical (unpaired) electrons. The maximum absolute atomic E-state index is 12.7. The van der Waals surface area contributed by atoms with Crippen LogP contribution < -0.4 is 0 Å². The molecule has 0 aromatic carbocycles. The maximum atomic E-state index is 12.7. The summed E-state index contributed by atoms with van der Waals surface area (Å²) in [6.45, 7) is 2.16. The van der Waals surface area contributed by atoms with Crippen molar-refractivity contribution in [2.75, 3.05) is 0 Å². The molecule has 1 fully saturated rings. The minimum absolute atomic E-state index is 0.382. The highest BCUT2D eigenvalue weighted by Crippen LogP contribution is 2.46. The van der Waals surface area contributed by atoms with Crippen LogP contribution in [0.15, 0.2) is 23.8 Å². The van der Waals surface area contributed by atoms with E-state index < -0.39 is 24.2 Å². The van der Waals surface area contributed by atoms with Crippen molar-refractivity contribution in [1.29, 1.82) is 0 Å². The molecule has 1 unspecified atom stereocenters. The predicted molar refractivity (Wildman–Crippen MR) is 82.9 cm³/mol. The first kappa shape index (κ1) is 17.2. The molecule has 0 bridgehead atoms. The van der Waals surface area contributed by atoms with Crippen molar-refractivity contribution in [2.45, 2.75) is 64.7 Å². The highest BCUT2D eigenvalue weighted by Gasteiger charge is 2.44. The Balaban J connectivity index is 1.92. The number of halogens is 2. The van der Waals surface area contributed by atoms with E-state index in [0.717, 1.165) is 32.1 Å². The topological polar surface area (TPSA) is 37.3 Å². The van der Waals surface area contributed by atoms with Gasteiger partial charge in [-0.25, -0.2) is 8.78 Å². The van der Waals surface area contributed by atoms with Crippen molar-refractivity contribution in [2.24, 2.45) is 17.3 Å². The molecule has 0 aromatic heterocycles. The Morgan fingerprint density at radius 3 is 2.55 bits per heavy atom. The molecule has 2 nitrogen and oxygen atoms in total. The Morgan fingerprint density at radius 1 is 1.41 bits per heavy atom. The highest BCUT2D eigenvalue weighted by molar-refractivity contribution is 5.74. The molecule has 0 spiro atoms. The van der Waals surface area contributed by atoms with E-state index in [2.05, 4.69) is 25.2 Å². The van der Waals surface area contributed by atoms with Gasteiger partial charge in [-0.2, -0.15) is 0 Å². The van der Waals surface area contributed by atoms with Gasteiger partial charge in [0.15, 0.2) is 0 Å². The van der Waals surface area contributed by atoms with Crippen LogP contribution in [0.25, 0.3) is 0 Å². The number of allylic oxidation sites excluding steroid dienone is 4. The van der Waals surface area contributed by atoms with E-state index in [-0.39, 0.29) is 0 Å². The molecule has 2 aliphatic rings. The van der Waals surface area contributed by atoms with Gasteiger partial charge < -0.3 is 5.11 Å². The van der Waals surface area contributed by atoms with Crippen molar-refractivity contribution in [3.63, 3.8) is 0 Å². The van der Waals surface area contributed by atoms with Crippen molar-refractivity contribution in [1.82, 2.24) is 0 Å². The van der Waals surface area contributed by atoms with Gasteiger partial charge in [-0.3, -0.25) is 4.79 Å². The molecule has 22 heavy (non-hydrogen) atoms. The summed E-state index contributed by atoms with van der Waals surface area (Å²) in [4.78, 5) is 11.5. The molecule has 0 aliphatic heterocycles. The second-order valence-corrected chi connectivity index (χ2v) is 6.81. The van der Waals surface area contributed by atoms with E-state index in [9.17, 15) is 18.7 Å². The standard InChI is InChI=1S/C18H26F2O2/c1-2-3-13-4-6-14(7-5-13)15-8-10-18(11-9-15,17(21)22)12-16(19)20/h4-6,14-16H,2-3,7-12H2,1H3,(H,21,22)/t14?,15-,18-. The zero-order chi connectivity index (χ0) is 16.2. The number of hydrogen-bond acceptors (Lipinski definition) is 1. The molecule has 124 valence electrons. The van der Waals surface area contributed by atoms with Crippen molar-refractivity contribution >= 4 is 5.97 Å². The smallest absolute Gasteiger partial charge is 0.309 e. The fraction of sp³-hybridized carbons (Fsp3) is 0.722. The summed E-state index contributed by atoms with van der Waals surface area (Å²) in [5.74, 6) is -0.171. The van der Waals surface area contributed by atoms with Crippen molar-refractivity contribution in [3.05, 3.63) is 23.8 Å². The normalized spacial score (nSPS) is 32.1. The summed E-state index contributed by atoms with van der Waals surface area (Å²) in [5.41, 5.74) is 0.179. The molecule has 0 heterocycles. The van der Waals surface area contributed by atoms with Crippen LogP contribution in [0.1, 0.15) is 58.3 Å². The van der Waals surface area contributed by atoms with E-state index in [1.807, 2.05) is 0 Å². The average Bonchev–Trinajstić information content (AvgIpc) is 2.48. The number of carbonyl (C=O) groups is 1. The fourth-order valence-corrected chi connectivity index (χ4v) is 3.93. The summed E-state index contributed by atoms with van der Waals surface area (Å²) in [5, 5.41) is 9.37. The molecule has 1 N–H and O–H groups in total. The second-order valence-electron chi connectivity index (χ2n) is 6.81. The number of carboxylic acid groups (broad SMARTS) is 1. The Morgan fingerprint density at radius 2 is 2.09 bits per heavy atom. The minimum Gasteiger partial charge on any atom is -0.481 e. The minimum atomic E-state index is -2.54. The summed E-state index contributed by atoms with van der Waals surface area (Å²) < 4.78 is 25.4. The third kappa shape index (κ3) is 3.96. The second kappa shape index (κ2) is 7.38. The summed E-state index contributed by atoms with van der Waals surface area (Å²) >= 11 is 0. The molecule has 0 saturated heterocycles. The van der Waals surface area contributed by atoms with E-state index in [1.54, 1.807) is 0 Å². The van der Waals surface area contributed by atoms with Crippen molar-refractivity contribution in [3.8, 4) is 0 Å². The third-order valence-electron chi connectivity index (χ3n) is 5.34. The monoisotopic (exact) mass is 312 g/mol. The first-order chi connectivity index (χ1) is 10.5. The van der Waals surface area contributed by atoms with Crippen LogP contribution in [-0.2, 0) is 4.79 Å². The zero-order valence-electron chi connectivity index (χ0n) is 13.2. The molecule has 0 amide bonds. The Labute approximate surface area is 131 Å². The van der Waals surface area contributed by atoms with Crippen LogP contribution >= 0.6 is 0 Å². The number of alkyl halides is 2. The third-order valence-corrected chi connectivity index (χ3v) is 5.34. The highest BCUT2D eigenvalue weighted by atomic mass is 19.3. The van der Waals surface area contributed by atoms with Crippen LogP contribution in [-0.4, -0.2) is 17.5 Å². The maximum Gasteiger partial charge on any atom is 0.309 e. The number of carboxylic acids is 1. The van der Waals surface area contributed by atoms with Crippen molar-refractivity contribution < 1.29 is 18.7 Å². The van der Waals surface area contributed by atoms with Gasteiger partial charge in [0.2, 0.25) is 6.43 Å². The van der Waals surface area contributed by atoms with E-state index in [4.69, 9.17) is 0 Å². The van der Waals surface area contributed by atoms with Gasteiger partial charge in [-0.05, 0) is 50.4 Å². The fourth-order valence-electron chi connectivity index (χ4n) is 3.93. The Hall–Kier alpha value is -1.19. The lowest BCUT2D eigenvalue weighted by Crippen LogP contribution is -2.38. The van der Waals surface area contributed by atoms with Gasteiger partial charge in [0, 0.05) is 6.42 Å². The molecule has 2 aliphatic carbocycles. The lowest BCUT2D eigenvalue weighted by atomic mass is 9.65. The summed E-state index contributed by atoms with van der Waals surface area (Å²) in [7, 11) is 0. The molecule has 1 atom stereocenters. The number of aliphatic carboxylic acids is 1. The van der Waals surface area contributed by atoms with Crippen LogP contribution in [0.4, 0.5) is 8.78 Å². The average molecular weight is 312 g/mol. The first-order valence-electron chi connectivity index (χ1n) is 8.35. The zero-order valence-corrected chi connectivity index (χ0v) is 13.2. The molecule has 0 aromatic rings. The number of hydrogen-bond donors (Lipinski definition) is 1. The van der Waals surface area contributed by atoms with Crippen LogP contribution in [0, 0.1) is 17.3 Å². The van der Waals surface area contributed by atoms with Gasteiger partial charge in [-0.1, -0.05) is 37.1 Å². The molecule has 1 saturated carbocycles. The van der Waals surface area contributed by atoms with Crippen LogP contribution in [0.2, 0.25) is 0 Å². The van der Waals surface area contributed by atoms with E-state index in [0.29, 0.717) is 24.7 Å². The predicted octanol–water partition coefficient (Wildman–Crippen LogP) is 5.21. The lowest BCUT2D eigenvalue weighted by Gasteiger charge is -2.39. The molecular formula is C18H26F2O2. The quantitative estimate of drug-likeness (QED) is 0.731. The summed E-state index contributed by atoms with van der Waals surface area (Å²) in [6, 6.07) is 0. The molecule has 2 rings (SSSR count). The van der Waals surface area contributed by atoms with Gasteiger partial charge in [-0.15, -0.1) is 0 Å². The van der Waals surface area contributed by atoms with Gasteiger partial charge in [0.05, 0.1) is 5.41 Å². The Kier molecular flexibility index (Phi) is 5.76. The summed E-state index contributed by atoms with van der Waals surface area (Å²) in [6.07, 6.45) is 9.17. The molecule has 4 heteroatoms. The first-order valence-corrected chi connectivity index (χ1v) is 8.35. The van der Waals surface area contributed by atoms with E-state index >= 15 is 0 Å². The largest absolute Gasteiger partial charge is 0.481 e. The SMILES string of the molecule is CCCC1=CCC([C@H]2CC[C@](CC(F)F)(C(=O)O)CC2)C=C1. The van der Waals surface area contributed by atoms with Gasteiger partial charge in [0.25, 0.3) is 0 Å². The van der Waals surface area contributed by atoms with Gasteiger partial charge >= 0.3 is 5.97 Å². The van der Waals surface area contributed by atoms with Crippen LogP contribution in [0.5, 0.6) is 0 Å². The number of rotatable bonds is 6.